The maximum atomic E-state index is 12.8. The highest BCUT2D eigenvalue weighted by atomic mass is 79.9. The minimum absolute atomic E-state index is 0.0728. The van der Waals surface area contributed by atoms with E-state index < -0.39 is 24.0 Å². The lowest BCUT2D eigenvalue weighted by Gasteiger charge is -2.06. The van der Waals surface area contributed by atoms with Crippen LogP contribution in [0.25, 0.3) is 0 Å². The fourth-order valence-electron chi connectivity index (χ4n) is 1.74. The summed E-state index contributed by atoms with van der Waals surface area (Å²) in [5.74, 6) is 0. The molecule has 0 fully saturated rings. The van der Waals surface area contributed by atoms with Gasteiger partial charge in [-0.25, -0.2) is 4.68 Å². The van der Waals surface area contributed by atoms with E-state index in [9.17, 15) is 13.2 Å². The number of alkyl halides is 3. The molecule has 0 saturated heterocycles. The van der Waals surface area contributed by atoms with Gasteiger partial charge in [0.05, 0.1) is 13.2 Å². The van der Waals surface area contributed by atoms with Gasteiger partial charge in [0.2, 0.25) is 0 Å². The molecule has 0 radical (unpaired) electrons. The highest BCUT2D eigenvalue weighted by molar-refractivity contribution is 9.10. The molecule has 0 aliphatic rings. The molecule has 3 nitrogen and oxygen atoms in total. The Morgan fingerprint density at radius 3 is 2.45 bits per heavy atom. The molecule has 0 saturated carbocycles. The Morgan fingerprint density at radius 1 is 1.30 bits per heavy atom. The van der Waals surface area contributed by atoms with E-state index in [0.717, 1.165) is 14.7 Å². The summed E-state index contributed by atoms with van der Waals surface area (Å²) >= 11 is 9.17. The van der Waals surface area contributed by atoms with Crippen LogP contribution in [0.15, 0.2) is 28.7 Å². The van der Waals surface area contributed by atoms with Crippen LogP contribution in [-0.4, -0.2) is 14.9 Å². The Kier molecular flexibility index (Phi) is 4.41. The van der Waals surface area contributed by atoms with Crippen LogP contribution in [0.4, 0.5) is 13.2 Å². The maximum Gasteiger partial charge on any atom is 0.435 e. The van der Waals surface area contributed by atoms with E-state index in [2.05, 4.69) is 21.0 Å². The van der Waals surface area contributed by atoms with E-state index in [1.807, 2.05) is 0 Å². The molecule has 0 spiro atoms. The number of hydrogen-bond acceptors (Lipinski definition) is 2. The summed E-state index contributed by atoms with van der Waals surface area (Å²) in [4.78, 5) is 0. The Hall–Kier alpha value is -1.05. The third-order valence-corrected chi connectivity index (χ3v) is 3.88. The predicted molar refractivity (Wildman–Crippen MR) is 71.4 cm³/mol. The molecule has 0 unspecified atom stereocenters. The zero-order valence-electron chi connectivity index (χ0n) is 9.96. The summed E-state index contributed by atoms with van der Waals surface area (Å²) in [5, 5.41) is 12.3. The second-order valence-electron chi connectivity index (χ2n) is 4.02. The average Bonchev–Trinajstić information content (AvgIpc) is 2.69. The zero-order valence-corrected chi connectivity index (χ0v) is 12.3. The van der Waals surface area contributed by atoms with Crippen molar-refractivity contribution >= 4 is 27.5 Å². The van der Waals surface area contributed by atoms with Gasteiger partial charge in [0.15, 0.2) is 5.69 Å². The Labute approximate surface area is 126 Å². The van der Waals surface area contributed by atoms with Gasteiger partial charge in [-0.05, 0) is 11.6 Å². The summed E-state index contributed by atoms with van der Waals surface area (Å²) in [6.45, 7) is -0.743. The molecule has 8 heteroatoms. The van der Waals surface area contributed by atoms with Gasteiger partial charge in [0, 0.05) is 10.0 Å². The van der Waals surface area contributed by atoms with Crippen molar-refractivity contribution in [3.05, 3.63) is 50.7 Å². The molecular formula is C12H9BrClF3N2O. The van der Waals surface area contributed by atoms with Crippen molar-refractivity contribution in [1.82, 2.24) is 9.78 Å². The first-order valence-corrected chi connectivity index (χ1v) is 6.68. The molecule has 108 valence electrons. The average molecular weight is 370 g/mol. The van der Waals surface area contributed by atoms with Gasteiger partial charge in [-0.3, -0.25) is 0 Å². The third kappa shape index (κ3) is 2.99. The Morgan fingerprint density at radius 2 is 1.95 bits per heavy atom. The van der Waals surface area contributed by atoms with E-state index >= 15 is 0 Å². The lowest BCUT2D eigenvalue weighted by Crippen LogP contribution is -2.10. The van der Waals surface area contributed by atoms with Crippen molar-refractivity contribution in [2.75, 3.05) is 0 Å². The molecule has 2 aromatic rings. The van der Waals surface area contributed by atoms with Crippen LogP contribution in [0.3, 0.4) is 0 Å². The van der Waals surface area contributed by atoms with Crippen LogP contribution in [0.1, 0.15) is 16.8 Å². The van der Waals surface area contributed by atoms with E-state index in [4.69, 9.17) is 16.7 Å². The molecule has 0 amide bonds. The Balaban J connectivity index is 2.44. The molecule has 0 bridgehead atoms. The Bertz CT molecular complexity index is 628. The molecule has 1 N–H and O–H groups in total. The summed E-state index contributed by atoms with van der Waals surface area (Å²) in [6, 6.07) is 7.06. The molecule has 20 heavy (non-hydrogen) atoms. The van der Waals surface area contributed by atoms with Crippen LogP contribution in [0.2, 0.25) is 5.15 Å². The van der Waals surface area contributed by atoms with Crippen LogP contribution in [0, 0.1) is 0 Å². The number of halogens is 5. The smallest absolute Gasteiger partial charge is 0.391 e. The fourth-order valence-corrected chi connectivity index (χ4v) is 2.40. The topological polar surface area (TPSA) is 38.1 Å². The summed E-state index contributed by atoms with van der Waals surface area (Å²) < 4.78 is 40.1. The monoisotopic (exact) mass is 368 g/mol. The number of rotatable bonds is 3. The highest BCUT2D eigenvalue weighted by Gasteiger charge is 2.38. The minimum Gasteiger partial charge on any atom is -0.391 e. The van der Waals surface area contributed by atoms with Gasteiger partial charge >= 0.3 is 6.18 Å². The van der Waals surface area contributed by atoms with Gasteiger partial charge in [-0.15, -0.1) is 0 Å². The zero-order chi connectivity index (χ0) is 14.9. The summed E-state index contributed by atoms with van der Waals surface area (Å²) in [7, 11) is 0. The van der Waals surface area contributed by atoms with Crippen LogP contribution < -0.4 is 0 Å². The molecule has 1 aromatic heterocycles. The van der Waals surface area contributed by atoms with Crippen LogP contribution in [0.5, 0.6) is 0 Å². The summed E-state index contributed by atoms with van der Waals surface area (Å²) in [6.07, 6.45) is -4.65. The predicted octanol–water partition coefficient (Wildman–Crippen LogP) is 3.86. The van der Waals surface area contributed by atoms with E-state index in [1.165, 1.54) is 0 Å². The van der Waals surface area contributed by atoms with Gasteiger partial charge in [-0.1, -0.05) is 45.7 Å². The van der Waals surface area contributed by atoms with Crippen LogP contribution in [-0.2, 0) is 19.3 Å². The summed E-state index contributed by atoms with van der Waals surface area (Å²) in [5.41, 5.74) is -0.835. The maximum absolute atomic E-state index is 12.8. The molecule has 0 aliphatic carbocycles. The SMILES string of the molecule is OCc1c(C(F)(F)F)nn(Cc2ccccc2Br)c1Cl. The third-order valence-electron chi connectivity index (χ3n) is 2.69. The first-order chi connectivity index (χ1) is 9.34. The quantitative estimate of drug-likeness (QED) is 0.892. The number of benzene rings is 1. The molecule has 1 aromatic carbocycles. The van der Waals surface area contributed by atoms with Crippen molar-refractivity contribution in [2.45, 2.75) is 19.3 Å². The second kappa shape index (κ2) is 5.75. The van der Waals surface area contributed by atoms with Gasteiger partial charge in [0.1, 0.15) is 5.15 Å². The minimum atomic E-state index is -4.65. The van der Waals surface area contributed by atoms with E-state index in [1.54, 1.807) is 24.3 Å². The number of hydrogen-bond donors (Lipinski definition) is 1. The largest absolute Gasteiger partial charge is 0.435 e. The first-order valence-electron chi connectivity index (χ1n) is 5.51. The van der Waals surface area contributed by atoms with Gasteiger partial charge < -0.3 is 5.11 Å². The molecule has 1 heterocycles. The number of aromatic nitrogens is 2. The number of aliphatic hydroxyl groups excluding tert-OH is 1. The highest BCUT2D eigenvalue weighted by Crippen LogP contribution is 2.35. The van der Waals surface area contributed by atoms with Crippen molar-refractivity contribution < 1.29 is 18.3 Å². The van der Waals surface area contributed by atoms with E-state index in [0.29, 0.717) is 0 Å². The van der Waals surface area contributed by atoms with Gasteiger partial charge in [0.25, 0.3) is 0 Å². The van der Waals surface area contributed by atoms with Crippen LogP contribution >= 0.6 is 27.5 Å². The molecule has 2 rings (SSSR count). The van der Waals surface area contributed by atoms with Crippen molar-refractivity contribution in [3.63, 3.8) is 0 Å². The molecule has 0 atom stereocenters. The van der Waals surface area contributed by atoms with Crippen molar-refractivity contribution in [2.24, 2.45) is 0 Å². The fraction of sp³-hybridized carbons (Fsp3) is 0.250. The van der Waals surface area contributed by atoms with Crippen molar-refractivity contribution in [3.8, 4) is 0 Å². The molecule has 0 aliphatic heterocycles. The van der Waals surface area contributed by atoms with E-state index in [-0.39, 0.29) is 11.7 Å². The second-order valence-corrected chi connectivity index (χ2v) is 5.24. The molecular weight excluding hydrogens is 360 g/mol. The lowest BCUT2D eigenvalue weighted by molar-refractivity contribution is -0.142. The van der Waals surface area contributed by atoms with Crippen molar-refractivity contribution in [1.29, 1.82) is 0 Å². The number of nitrogens with zero attached hydrogens (tertiary/aromatic N) is 2. The standard InChI is InChI=1S/C12H9BrClF3N2O/c13-9-4-2-1-3-7(9)5-19-11(14)8(6-20)10(18-19)12(15,16)17/h1-4,20H,5-6H2. The first kappa shape index (κ1) is 15.3. The van der Waals surface area contributed by atoms with Gasteiger partial charge in [-0.2, -0.15) is 18.3 Å². The normalized spacial score (nSPS) is 11.9. The lowest BCUT2D eigenvalue weighted by atomic mass is 10.2. The number of aliphatic hydroxyl groups is 1.